The third-order valence-electron chi connectivity index (χ3n) is 4.96. The van der Waals surface area contributed by atoms with E-state index in [1.807, 2.05) is 0 Å². The first-order valence-corrected chi connectivity index (χ1v) is 7.00. The second kappa shape index (κ2) is 4.18. The number of fused-ring (bicyclic) bond motifs is 1. The maximum atomic E-state index is 11.4. The van der Waals surface area contributed by atoms with Gasteiger partial charge in [0.2, 0.25) is 5.82 Å². The van der Waals surface area contributed by atoms with Crippen LogP contribution in [-0.2, 0) is 7.05 Å². The van der Waals surface area contributed by atoms with Crippen molar-refractivity contribution in [2.24, 2.45) is 18.9 Å². The third-order valence-corrected chi connectivity index (χ3v) is 4.96. The van der Waals surface area contributed by atoms with E-state index in [4.69, 9.17) is 0 Å². The van der Waals surface area contributed by atoms with Gasteiger partial charge in [-0.1, -0.05) is 0 Å². The fourth-order valence-corrected chi connectivity index (χ4v) is 3.93. The summed E-state index contributed by atoms with van der Waals surface area (Å²) in [6.45, 7) is 8.89. The van der Waals surface area contributed by atoms with Crippen LogP contribution in [0.15, 0.2) is 0 Å². The van der Waals surface area contributed by atoms with E-state index in [1.54, 1.807) is 18.7 Å². The average Bonchev–Trinajstić information content (AvgIpc) is 2.95. The van der Waals surface area contributed by atoms with Gasteiger partial charge in [-0.05, 0) is 32.6 Å². The van der Waals surface area contributed by atoms with Gasteiger partial charge in [-0.15, -0.1) is 0 Å². The number of nitrogens with one attached hydrogen (secondary N) is 1. The van der Waals surface area contributed by atoms with Crippen molar-refractivity contribution in [2.45, 2.75) is 26.3 Å². The highest BCUT2D eigenvalue weighted by atomic mass is 16.6. The zero-order valence-electron chi connectivity index (χ0n) is 12.4. The minimum absolute atomic E-state index is 0.0981. The number of hydrogen-bond acceptors (Lipinski definition) is 5. The number of anilines is 1. The van der Waals surface area contributed by atoms with Crippen molar-refractivity contribution >= 4 is 11.5 Å². The number of nitrogens with zero attached hydrogens (tertiary/aromatic N) is 4. The van der Waals surface area contributed by atoms with Gasteiger partial charge >= 0.3 is 5.69 Å². The molecule has 0 bridgehead atoms. The van der Waals surface area contributed by atoms with Crippen LogP contribution in [0.1, 0.15) is 19.5 Å². The van der Waals surface area contributed by atoms with Crippen LogP contribution in [0.5, 0.6) is 0 Å². The molecular weight excluding hydrogens is 258 g/mol. The van der Waals surface area contributed by atoms with Crippen LogP contribution in [0.3, 0.4) is 0 Å². The summed E-state index contributed by atoms with van der Waals surface area (Å²) in [4.78, 5) is 13.3. The molecule has 7 nitrogen and oxygen atoms in total. The Bertz CT molecular complexity index is 565. The summed E-state index contributed by atoms with van der Waals surface area (Å²) in [6.07, 6.45) is 0. The maximum absolute atomic E-state index is 11.4. The Hall–Kier alpha value is -1.63. The van der Waals surface area contributed by atoms with E-state index in [-0.39, 0.29) is 16.1 Å². The number of hydrogen-bond donors (Lipinski definition) is 1. The lowest BCUT2D eigenvalue weighted by molar-refractivity contribution is -0.384. The highest BCUT2D eigenvalue weighted by molar-refractivity contribution is 5.63. The lowest BCUT2D eigenvalue weighted by Gasteiger charge is -2.36. The number of aromatic nitrogens is 2. The fourth-order valence-electron chi connectivity index (χ4n) is 3.93. The zero-order chi connectivity index (χ0) is 14.7. The van der Waals surface area contributed by atoms with Crippen LogP contribution >= 0.6 is 0 Å². The molecule has 0 aromatic carbocycles. The molecule has 7 heteroatoms. The highest BCUT2D eigenvalue weighted by Crippen LogP contribution is 2.46. The Balaban J connectivity index is 2.08. The monoisotopic (exact) mass is 279 g/mol. The van der Waals surface area contributed by atoms with Crippen LogP contribution in [0, 0.1) is 28.9 Å². The first kappa shape index (κ1) is 13.4. The predicted octanol–water partition coefficient (Wildman–Crippen LogP) is 1.07. The van der Waals surface area contributed by atoms with Crippen LogP contribution < -0.4 is 10.2 Å². The van der Waals surface area contributed by atoms with Crippen molar-refractivity contribution in [3.8, 4) is 0 Å². The predicted molar refractivity (Wildman–Crippen MR) is 75.9 cm³/mol. The molecule has 2 saturated heterocycles. The molecule has 0 spiro atoms. The van der Waals surface area contributed by atoms with Gasteiger partial charge in [0.25, 0.3) is 0 Å². The van der Waals surface area contributed by atoms with Gasteiger partial charge in [0.1, 0.15) is 5.69 Å². The molecule has 1 N–H and O–H groups in total. The molecule has 0 aliphatic carbocycles. The van der Waals surface area contributed by atoms with Crippen molar-refractivity contribution in [1.29, 1.82) is 0 Å². The molecule has 2 aliphatic heterocycles. The van der Waals surface area contributed by atoms with Gasteiger partial charge in [0.05, 0.1) is 4.92 Å². The van der Waals surface area contributed by atoms with Gasteiger partial charge in [0, 0.05) is 32.2 Å². The Morgan fingerprint density at radius 1 is 1.45 bits per heavy atom. The van der Waals surface area contributed by atoms with Crippen molar-refractivity contribution in [3.63, 3.8) is 0 Å². The standard InChI is InChI=1S/C13H21N5O2/c1-8-11(18(19)20)12(16(4)15-8)17-7-9-5-14-6-10(9)13(17,2)3/h9-10,14H,5-7H2,1-4H3. The SMILES string of the molecule is Cc1nn(C)c(N2CC3CNCC3C2(C)C)c1[N+](=O)[O-]. The molecule has 0 saturated carbocycles. The van der Waals surface area contributed by atoms with Crippen LogP contribution in [0.25, 0.3) is 0 Å². The van der Waals surface area contributed by atoms with E-state index >= 15 is 0 Å². The highest BCUT2D eigenvalue weighted by Gasteiger charge is 2.52. The van der Waals surface area contributed by atoms with Crippen LogP contribution in [-0.4, -0.2) is 39.9 Å². The van der Waals surface area contributed by atoms with Crippen molar-refractivity contribution in [3.05, 3.63) is 15.8 Å². The lowest BCUT2D eigenvalue weighted by atomic mass is 9.85. The zero-order valence-corrected chi connectivity index (χ0v) is 12.4. The first-order chi connectivity index (χ1) is 9.34. The number of aryl methyl sites for hydroxylation is 2. The topological polar surface area (TPSA) is 76.2 Å². The molecule has 2 fully saturated rings. The fraction of sp³-hybridized carbons (Fsp3) is 0.769. The summed E-state index contributed by atoms with van der Waals surface area (Å²) >= 11 is 0. The molecule has 2 unspecified atom stereocenters. The Morgan fingerprint density at radius 2 is 2.15 bits per heavy atom. The summed E-state index contributed by atoms with van der Waals surface area (Å²) in [5.41, 5.74) is 0.533. The number of rotatable bonds is 2. The van der Waals surface area contributed by atoms with E-state index in [1.165, 1.54) is 0 Å². The van der Waals surface area contributed by atoms with Crippen molar-refractivity contribution in [1.82, 2.24) is 15.1 Å². The molecule has 2 atom stereocenters. The molecule has 0 amide bonds. The van der Waals surface area contributed by atoms with Gasteiger partial charge in [-0.3, -0.25) is 10.1 Å². The molecule has 3 rings (SSSR count). The lowest BCUT2D eigenvalue weighted by Crippen LogP contribution is -2.45. The normalized spacial score (nSPS) is 27.9. The summed E-state index contributed by atoms with van der Waals surface area (Å²) in [5, 5.41) is 19.1. The van der Waals surface area contributed by atoms with Gasteiger partial charge < -0.3 is 10.2 Å². The van der Waals surface area contributed by atoms with Crippen molar-refractivity contribution in [2.75, 3.05) is 24.5 Å². The minimum atomic E-state index is -0.305. The molecule has 3 heterocycles. The Labute approximate surface area is 118 Å². The first-order valence-electron chi connectivity index (χ1n) is 7.00. The number of nitro groups is 1. The quantitative estimate of drug-likeness (QED) is 0.647. The van der Waals surface area contributed by atoms with E-state index in [0.29, 0.717) is 23.3 Å². The van der Waals surface area contributed by atoms with E-state index in [0.717, 1.165) is 19.6 Å². The molecule has 110 valence electrons. The molecule has 0 radical (unpaired) electrons. The molecule has 1 aromatic rings. The van der Waals surface area contributed by atoms with E-state index < -0.39 is 0 Å². The van der Waals surface area contributed by atoms with Gasteiger partial charge in [0.15, 0.2) is 0 Å². The molecule has 2 aliphatic rings. The van der Waals surface area contributed by atoms with E-state index in [9.17, 15) is 10.1 Å². The third kappa shape index (κ3) is 1.65. The summed E-state index contributed by atoms with van der Waals surface area (Å²) in [6, 6.07) is 0. The smallest absolute Gasteiger partial charge is 0.333 e. The van der Waals surface area contributed by atoms with Gasteiger partial charge in [-0.2, -0.15) is 5.10 Å². The summed E-state index contributed by atoms with van der Waals surface area (Å²) in [5.74, 6) is 1.73. The molecular formula is C13H21N5O2. The van der Waals surface area contributed by atoms with Crippen LogP contribution in [0.4, 0.5) is 11.5 Å². The Kier molecular flexibility index (Phi) is 2.79. The average molecular weight is 279 g/mol. The van der Waals surface area contributed by atoms with E-state index in [2.05, 4.69) is 29.2 Å². The van der Waals surface area contributed by atoms with Crippen molar-refractivity contribution < 1.29 is 4.92 Å². The second-order valence-corrected chi connectivity index (χ2v) is 6.43. The largest absolute Gasteiger partial charge is 0.345 e. The maximum Gasteiger partial charge on any atom is 0.333 e. The molecule has 1 aromatic heterocycles. The minimum Gasteiger partial charge on any atom is -0.345 e. The van der Waals surface area contributed by atoms with Crippen LogP contribution in [0.2, 0.25) is 0 Å². The summed E-state index contributed by atoms with van der Waals surface area (Å²) in [7, 11) is 1.79. The van der Waals surface area contributed by atoms with Gasteiger partial charge in [-0.25, -0.2) is 4.68 Å². The Morgan fingerprint density at radius 3 is 2.75 bits per heavy atom. The molecule has 20 heavy (non-hydrogen) atoms. The summed E-state index contributed by atoms with van der Waals surface area (Å²) < 4.78 is 1.66. The second-order valence-electron chi connectivity index (χ2n) is 6.43.